The molecule has 0 radical (unpaired) electrons. The van der Waals surface area contributed by atoms with Crippen molar-refractivity contribution in [3.8, 4) is 5.75 Å². The quantitative estimate of drug-likeness (QED) is 0.615. The number of rotatable bonds is 4. The average Bonchev–Trinajstić information content (AvgIpc) is 3.59. The molecule has 2 aliphatic carbocycles. The highest BCUT2D eigenvalue weighted by atomic mass is 16.7. The summed E-state index contributed by atoms with van der Waals surface area (Å²) in [4.78, 5) is 20.5. The highest BCUT2D eigenvalue weighted by molar-refractivity contribution is 6.06. The van der Waals surface area contributed by atoms with E-state index in [0.717, 1.165) is 49.6 Å². The Morgan fingerprint density at radius 3 is 2.39 bits per heavy atom. The second kappa shape index (κ2) is 8.33. The largest absolute Gasteiger partial charge is 0.497 e. The van der Waals surface area contributed by atoms with E-state index in [-0.39, 0.29) is 11.3 Å². The molecular formula is C29H33N3O4. The van der Waals surface area contributed by atoms with Crippen molar-refractivity contribution in [3.63, 3.8) is 0 Å². The van der Waals surface area contributed by atoms with Gasteiger partial charge < -0.3 is 19.1 Å². The number of hydrogen-bond donors (Lipinski definition) is 0. The molecule has 7 heteroatoms. The Bertz CT molecular complexity index is 1180. The third-order valence-electron chi connectivity index (χ3n) is 8.98. The van der Waals surface area contributed by atoms with Crippen molar-refractivity contribution in [3.05, 3.63) is 66.2 Å². The van der Waals surface area contributed by atoms with Gasteiger partial charge in [0.15, 0.2) is 0 Å². The molecule has 0 N–H and O–H groups in total. The molecule has 3 fully saturated rings. The Balaban J connectivity index is 1.05. The fraction of sp³-hybridized carbons (Fsp3) is 0.483. The van der Waals surface area contributed by atoms with Crippen molar-refractivity contribution in [2.45, 2.75) is 18.6 Å². The van der Waals surface area contributed by atoms with Crippen LogP contribution in [0.3, 0.4) is 0 Å². The first-order valence-corrected chi connectivity index (χ1v) is 13.1. The Morgan fingerprint density at radius 2 is 1.72 bits per heavy atom. The Hall–Kier alpha value is -2.87. The molecule has 2 saturated heterocycles. The van der Waals surface area contributed by atoms with Crippen molar-refractivity contribution < 1.29 is 19.0 Å². The minimum absolute atomic E-state index is 0.0189. The Kier molecular flexibility index (Phi) is 5.17. The second-order valence-corrected chi connectivity index (χ2v) is 10.9. The number of nitrogens with zero attached hydrogens (tertiary/aromatic N) is 3. The molecule has 1 saturated carbocycles. The van der Waals surface area contributed by atoms with E-state index in [1.54, 1.807) is 7.11 Å². The molecule has 2 bridgehead atoms. The van der Waals surface area contributed by atoms with Crippen molar-refractivity contribution in [2.75, 3.05) is 63.0 Å². The van der Waals surface area contributed by atoms with E-state index in [9.17, 15) is 4.79 Å². The van der Waals surface area contributed by atoms with Gasteiger partial charge in [0.2, 0.25) is 0 Å². The summed E-state index contributed by atoms with van der Waals surface area (Å²) in [5, 5.41) is 0. The first-order chi connectivity index (χ1) is 17.6. The van der Waals surface area contributed by atoms with Gasteiger partial charge in [-0.05, 0) is 55.0 Å². The first kappa shape index (κ1) is 22.3. The predicted octanol–water partition coefficient (Wildman–Crippen LogP) is 3.60. The smallest absolute Gasteiger partial charge is 0.293 e. The van der Waals surface area contributed by atoms with Crippen molar-refractivity contribution in [2.24, 2.45) is 17.3 Å². The number of amides is 1. The maximum absolute atomic E-state index is 13.9. The molecular weight excluding hydrogens is 454 g/mol. The number of allylic oxidation sites excluding steroid dienone is 2. The molecule has 0 unspecified atom stereocenters. The van der Waals surface area contributed by atoms with Gasteiger partial charge in [-0.25, -0.2) is 0 Å². The second-order valence-electron chi connectivity index (χ2n) is 10.9. The van der Waals surface area contributed by atoms with Crippen LogP contribution in [0.5, 0.6) is 5.75 Å². The minimum atomic E-state index is -1.31. The highest BCUT2D eigenvalue weighted by Crippen LogP contribution is 2.57. The van der Waals surface area contributed by atoms with Crippen molar-refractivity contribution >= 4 is 17.3 Å². The number of carbonyl (C=O) groups is 1. The molecule has 3 heterocycles. The van der Waals surface area contributed by atoms with Gasteiger partial charge in [-0.15, -0.1) is 0 Å². The average molecular weight is 488 g/mol. The summed E-state index contributed by atoms with van der Waals surface area (Å²) < 4.78 is 18.3. The van der Waals surface area contributed by atoms with Crippen LogP contribution in [0.1, 0.15) is 18.4 Å². The van der Waals surface area contributed by atoms with Crippen LogP contribution in [0.25, 0.3) is 0 Å². The third-order valence-corrected chi connectivity index (χ3v) is 8.98. The van der Waals surface area contributed by atoms with Gasteiger partial charge in [0.05, 0.1) is 32.7 Å². The van der Waals surface area contributed by atoms with Crippen LogP contribution < -0.4 is 14.5 Å². The summed E-state index contributed by atoms with van der Waals surface area (Å²) in [5.41, 5.74) is 2.97. The lowest BCUT2D eigenvalue weighted by atomic mass is 9.76. The molecule has 3 aliphatic heterocycles. The number of hydrogen-bond acceptors (Lipinski definition) is 6. The zero-order chi connectivity index (χ0) is 24.3. The standard InChI is InChI=1S/C29H33N3O4/c1-34-24-10-8-23(9-11-24)31-14-12-30(13-15-31)20-32-26-5-3-2-4-25(26)29(27(32)33)35-18-28(19-36-29)17-21-6-7-22(28)16-21/h2-11,21-22H,12-20H2,1H3/t21-,22+,28?,29?/m1/s1. The molecule has 2 spiro atoms. The number of fused-ring (bicyclic) bond motifs is 5. The molecule has 36 heavy (non-hydrogen) atoms. The molecule has 5 aliphatic rings. The van der Waals surface area contributed by atoms with Gasteiger partial charge in [-0.2, -0.15) is 0 Å². The fourth-order valence-corrected chi connectivity index (χ4v) is 6.91. The predicted molar refractivity (Wildman–Crippen MR) is 137 cm³/mol. The summed E-state index contributed by atoms with van der Waals surface area (Å²) in [6, 6.07) is 16.2. The minimum Gasteiger partial charge on any atom is -0.497 e. The Morgan fingerprint density at radius 1 is 0.972 bits per heavy atom. The van der Waals surface area contributed by atoms with E-state index in [1.807, 2.05) is 41.3 Å². The fourth-order valence-electron chi connectivity index (χ4n) is 6.91. The molecule has 1 amide bonds. The number of ether oxygens (including phenoxy) is 3. The SMILES string of the molecule is COc1ccc(N2CCN(CN3C(=O)C4(OCC5(CO4)C[C@@H]4C=C[C@H]5C4)c4ccccc43)CC2)cc1. The van der Waals surface area contributed by atoms with E-state index in [1.165, 1.54) is 12.1 Å². The maximum Gasteiger partial charge on any atom is 0.293 e. The highest BCUT2D eigenvalue weighted by Gasteiger charge is 2.61. The summed E-state index contributed by atoms with van der Waals surface area (Å²) in [6.07, 6.45) is 6.97. The molecule has 0 aromatic heterocycles. The summed E-state index contributed by atoms with van der Waals surface area (Å²) in [6.45, 7) is 5.27. The van der Waals surface area contributed by atoms with E-state index in [4.69, 9.17) is 14.2 Å². The lowest BCUT2D eigenvalue weighted by Crippen LogP contribution is -2.56. The van der Waals surface area contributed by atoms with Crippen LogP contribution >= 0.6 is 0 Å². The number of piperazine rings is 1. The van der Waals surface area contributed by atoms with Crippen LogP contribution in [0, 0.1) is 17.3 Å². The normalized spacial score (nSPS) is 33.2. The van der Waals surface area contributed by atoms with E-state index in [0.29, 0.717) is 31.7 Å². The molecule has 2 aromatic rings. The molecule has 2 aromatic carbocycles. The zero-order valence-corrected chi connectivity index (χ0v) is 20.8. The monoisotopic (exact) mass is 487 g/mol. The number of benzene rings is 2. The first-order valence-electron chi connectivity index (χ1n) is 13.1. The van der Waals surface area contributed by atoms with E-state index >= 15 is 0 Å². The summed E-state index contributed by atoms with van der Waals surface area (Å²) >= 11 is 0. The van der Waals surface area contributed by atoms with Crippen LogP contribution in [0.4, 0.5) is 11.4 Å². The number of anilines is 2. The molecule has 188 valence electrons. The summed E-state index contributed by atoms with van der Waals surface area (Å²) in [7, 11) is 1.69. The Labute approximate surface area is 212 Å². The van der Waals surface area contributed by atoms with E-state index < -0.39 is 5.79 Å². The van der Waals surface area contributed by atoms with Gasteiger partial charge in [-0.3, -0.25) is 14.6 Å². The topological polar surface area (TPSA) is 54.5 Å². The van der Waals surface area contributed by atoms with Gasteiger partial charge >= 0.3 is 0 Å². The molecule has 2 atom stereocenters. The molecule has 7 rings (SSSR count). The van der Waals surface area contributed by atoms with Crippen LogP contribution in [-0.4, -0.2) is 64.0 Å². The number of carbonyl (C=O) groups excluding carboxylic acids is 1. The molecule has 7 nitrogen and oxygen atoms in total. The lowest BCUT2D eigenvalue weighted by Gasteiger charge is -2.45. The van der Waals surface area contributed by atoms with Crippen LogP contribution in [0.2, 0.25) is 0 Å². The van der Waals surface area contributed by atoms with Gasteiger partial charge in [0.1, 0.15) is 5.75 Å². The maximum atomic E-state index is 13.9. The lowest BCUT2D eigenvalue weighted by molar-refractivity contribution is -0.295. The summed E-state index contributed by atoms with van der Waals surface area (Å²) in [5.74, 6) is 0.612. The number of methoxy groups -OCH3 is 1. The van der Waals surface area contributed by atoms with Crippen molar-refractivity contribution in [1.29, 1.82) is 0 Å². The van der Waals surface area contributed by atoms with Gasteiger partial charge in [0.25, 0.3) is 11.7 Å². The number of para-hydroxylation sites is 1. The van der Waals surface area contributed by atoms with E-state index in [2.05, 4.69) is 34.1 Å². The van der Waals surface area contributed by atoms with Gasteiger partial charge in [0, 0.05) is 42.8 Å². The zero-order valence-electron chi connectivity index (χ0n) is 20.8. The van der Waals surface area contributed by atoms with Crippen LogP contribution in [-0.2, 0) is 20.1 Å². The van der Waals surface area contributed by atoms with Crippen LogP contribution in [0.15, 0.2) is 60.7 Å². The third kappa shape index (κ3) is 3.33. The van der Waals surface area contributed by atoms with Gasteiger partial charge in [-0.1, -0.05) is 30.4 Å². The van der Waals surface area contributed by atoms with Crippen molar-refractivity contribution in [1.82, 2.24) is 4.90 Å².